The average molecular weight is 475 g/mol. The van der Waals surface area contributed by atoms with Gasteiger partial charge in [-0.05, 0) is 24.8 Å². The normalized spacial score (nSPS) is 17.7. The van der Waals surface area contributed by atoms with Crippen LogP contribution in [-0.4, -0.2) is 52.0 Å². The lowest BCUT2D eigenvalue weighted by Crippen LogP contribution is -2.43. The molecule has 1 saturated heterocycles. The van der Waals surface area contributed by atoms with Gasteiger partial charge in [0.05, 0.1) is 12.7 Å². The van der Waals surface area contributed by atoms with Crippen molar-refractivity contribution in [3.63, 3.8) is 0 Å². The van der Waals surface area contributed by atoms with Crippen LogP contribution in [0.5, 0.6) is 0 Å². The maximum Gasteiger partial charge on any atom is 0.191 e. The van der Waals surface area contributed by atoms with Crippen molar-refractivity contribution in [3.05, 3.63) is 35.9 Å². The standard InChI is InChI=1S/C20H33N3O2.HI/c1-20(2,17-9-5-4-6-10-17)16-23-19(21-3)22-12-8-13-24-15-18-11-7-14-25-18;/h4-6,9-10,18H,7-8,11-16H2,1-3H3,(H2,21,22,23);1H. The molecule has 0 spiro atoms. The van der Waals surface area contributed by atoms with Crippen LogP contribution in [0.15, 0.2) is 35.3 Å². The second-order valence-electron chi connectivity index (χ2n) is 7.17. The number of hydrogen-bond acceptors (Lipinski definition) is 3. The molecule has 1 aromatic rings. The Morgan fingerprint density at radius 1 is 1.27 bits per heavy atom. The zero-order valence-electron chi connectivity index (χ0n) is 16.3. The van der Waals surface area contributed by atoms with Gasteiger partial charge in [-0.3, -0.25) is 4.99 Å². The molecule has 0 saturated carbocycles. The van der Waals surface area contributed by atoms with Gasteiger partial charge < -0.3 is 20.1 Å². The summed E-state index contributed by atoms with van der Waals surface area (Å²) in [5.74, 6) is 0.836. The molecule has 1 aliphatic heterocycles. The minimum Gasteiger partial charge on any atom is -0.379 e. The molecule has 1 aromatic carbocycles. The topological polar surface area (TPSA) is 54.9 Å². The largest absolute Gasteiger partial charge is 0.379 e. The Morgan fingerprint density at radius 3 is 2.69 bits per heavy atom. The molecule has 2 rings (SSSR count). The third-order valence-corrected chi connectivity index (χ3v) is 4.56. The summed E-state index contributed by atoms with van der Waals surface area (Å²) in [6.45, 7) is 8.50. The molecule has 2 N–H and O–H groups in total. The van der Waals surface area contributed by atoms with E-state index in [1.165, 1.54) is 5.56 Å². The zero-order valence-corrected chi connectivity index (χ0v) is 18.6. The molecule has 148 valence electrons. The van der Waals surface area contributed by atoms with Crippen LogP contribution in [0.25, 0.3) is 0 Å². The van der Waals surface area contributed by atoms with Crippen LogP contribution in [0.1, 0.15) is 38.7 Å². The van der Waals surface area contributed by atoms with E-state index in [2.05, 4.69) is 59.8 Å². The van der Waals surface area contributed by atoms with Crippen molar-refractivity contribution in [2.45, 2.75) is 44.6 Å². The quantitative estimate of drug-likeness (QED) is 0.249. The number of nitrogens with zero attached hydrogens (tertiary/aromatic N) is 1. The molecule has 1 atom stereocenters. The smallest absolute Gasteiger partial charge is 0.191 e. The van der Waals surface area contributed by atoms with E-state index < -0.39 is 0 Å². The van der Waals surface area contributed by atoms with E-state index in [4.69, 9.17) is 9.47 Å². The molecule has 6 heteroatoms. The van der Waals surface area contributed by atoms with Crippen molar-refractivity contribution in [2.24, 2.45) is 4.99 Å². The molecule has 26 heavy (non-hydrogen) atoms. The Labute approximate surface area is 175 Å². The molecule has 5 nitrogen and oxygen atoms in total. The van der Waals surface area contributed by atoms with Crippen molar-refractivity contribution in [3.8, 4) is 0 Å². The van der Waals surface area contributed by atoms with Crippen molar-refractivity contribution in [1.82, 2.24) is 10.6 Å². The summed E-state index contributed by atoms with van der Waals surface area (Å²) in [7, 11) is 1.80. The van der Waals surface area contributed by atoms with Crippen molar-refractivity contribution < 1.29 is 9.47 Å². The Morgan fingerprint density at radius 2 is 2.04 bits per heavy atom. The van der Waals surface area contributed by atoms with Crippen LogP contribution >= 0.6 is 24.0 Å². The van der Waals surface area contributed by atoms with E-state index in [1.807, 2.05) is 0 Å². The minimum absolute atomic E-state index is 0. The van der Waals surface area contributed by atoms with Gasteiger partial charge in [0.1, 0.15) is 0 Å². The van der Waals surface area contributed by atoms with Gasteiger partial charge in [0.25, 0.3) is 0 Å². The maximum atomic E-state index is 5.68. The first-order chi connectivity index (χ1) is 12.1. The monoisotopic (exact) mass is 475 g/mol. The summed E-state index contributed by atoms with van der Waals surface area (Å²) in [5, 5.41) is 6.77. The van der Waals surface area contributed by atoms with Crippen LogP contribution < -0.4 is 10.6 Å². The van der Waals surface area contributed by atoms with Crippen LogP contribution in [0.3, 0.4) is 0 Å². The van der Waals surface area contributed by atoms with E-state index in [0.717, 1.165) is 58.1 Å². The molecule has 1 fully saturated rings. The van der Waals surface area contributed by atoms with E-state index in [9.17, 15) is 0 Å². The van der Waals surface area contributed by atoms with Crippen molar-refractivity contribution >= 4 is 29.9 Å². The van der Waals surface area contributed by atoms with Crippen molar-refractivity contribution in [2.75, 3.05) is 40.0 Å². The Bertz CT molecular complexity index is 517. The Balaban J connectivity index is 0.00000338. The van der Waals surface area contributed by atoms with Gasteiger partial charge in [0.15, 0.2) is 5.96 Å². The van der Waals surface area contributed by atoms with Crippen LogP contribution in [0.2, 0.25) is 0 Å². The highest BCUT2D eigenvalue weighted by Gasteiger charge is 2.20. The Kier molecular flexibility index (Phi) is 11.2. The number of rotatable bonds is 9. The van der Waals surface area contributed by atoms with E-state index in [-0.39, 0.29) is 29.4 Å². The van der Waals surface area contributed by atoms with Crippen LogP contribution in [0, 0.1) is 0 Å². The summed E-state index contributed by atoms with van der Waals surface area (Å²) >= 11 is 0. The van der Waals surface area contributed by atoms with E-state index >= 15 is 0 Å². The van der Waals surface area contributed by atoms with Crippen molar-refractivity contribution in [1.29, 1.82) is 0 Å². The number of benzene rings is 1. The number of hydrogen-bond donors (Lipinski definition) is 2. The predicted octanol–water partition coefficient (Wildman–Crippen LogP) is 3.33. The number of guanidine groups is 1. The lowest BCUT2D eigenvalue weighted by atomic mass is 9.85. The predicted molar refractivity (Wildman–Crippen MR) is 119 cm³/mol. The summed E-state index contributed by atoms with van der Waals surface area (Å²) in [5.41, 5.74) is 1.36. The van der Waals surface area contributed by atoms with E-state index in [1.54, 1.807) is 7.05 Å². The fraction of sp³-hybridized carbons (Fsp3) is 0.650. The summed E-state index contributed by atoms with van der Waals surface area (Å²) in [4.78, 5) is 4.30. The van der Waals surface area contributed by atoms with Crippen LogP contribution in [-0.2, 0) is 14.9 Å². The van der Waals surface area contributed by atoms with Gasteiger partial charge in [0.2, 0.25) is 0 Å². The third-order valence-electron chi connectivity index (χ3n) is 4.56. The van der Waals surface area contributed by atoms with Gasteiger partial charge in [-0.15, -0.1) is 24.0 Å². The molecule has 1 aliphatic rings. The molecule has 1 heterocycles. The summed E-state index contributed by atoms with van der Waals surface area (Å²) in [6, 6.07) is 10.6. The summed E-state index contributed by atoms with van der Waals surface area (Å²) < 4.78 is 11.2. The molecule has 0 aliphatic carbocycles. The average Bonchev–Trinajstić information content (AvgIpc) is 3.14. The molecule has 0 bridgehead atoms. The van der Waals surface area contributed by atoms with Gasteiger partial charge in [-0.1, -0.05) is 44.2 Å². The lowest BCUT2D eigenvalue weighted by Gasteiger charge is -2.26. The molecular formula is C20H34IN3O2. The highest BCUT2D eigenvalue weighted by atomic mass is 127. The second-order valence-corrected chi connectivity index (χ2v) is 7.17. The van der Waals surface area contributed by atoms with Gasteiger partial charge in [0, 0.05) is 38.8 Å². The van der Waals surface area contributed by atoms with Gasteiger partial charge in [-0.2, -0.15) is 0 Å². The number of halogens is 1. The minimum atomic E-state index is 0. The third kappa shape index (κ3) is 8.22. The summed E-state index contributed by atoms with van der Waals surface area (Å²) in [6.07, 6.45) is 3.56. The van der Waals surface area contributed by atoms with Crippen LogP contribution in [0.4, 0.5) is 0 Å². The highest BCUT2D eigenvalue weighted by molar-refractivity contribution is 14.0. The molecular weight excluding hydrogens is 441 g/mol. The number of nitrogens with one attached hydrogen (secondary N) is 2. The molecule has 0 aromatic heterocycles. The fourth-order valence-electron chi connectivity index (χ4n) is 2.89. The van der Waals surface area contributed by atoms with Gasteiger partial charge in [-0.25, -0.2) is 0 Å². The second kappa shape index (κ2) is 12.5. The molecule has 0 radical (unpaired) electrons. The number of aliphatic imine (C=N–C) groups is 1. The van der Waals surface area contributed by atoms with E-state index in [0.29, 0.717) is 6.10 Å². The first-order valence-electron chi connectivity index (χ1n) is 9.31. The zero-order chi connectivity index (χ0) is 18.0. The first-order valence-corrected chi connectivity index (χ1v) is 9.31. The molecule has 1 unspecified atom stereocenters. The highest BCUT2D eigenvalue weighted by Crippen LogP contribution is 2.21. The first kappa shape index (κ1) is 23.2. The fourth-order valence-corrected chi connectivity index (χ4v) is 2.89. The SMILES string of the molecule is CN=C(NCCCOCC1CCCO1)NCC(C)(C)c1ccccc1.I. The Hall–Kier alpha value is -0.860. The lowest BCUT2D eigenvalue weighted by molar-refractivity contribution is 0.0168. The van der Waals surface area contributed by atoms with Gasteiger partial charge >= 0.3 is 0 Å². The molecule has 0 amide bonds. The maximum absolute atomic E-state index is 5.68. The number of ether oxygens (including phenoxy) is 2.